The molecule has 0 aliphatic carbocycles. The van der Waals surface area contributed by atoms with E-state index < -0.39 is 7.05 Å². The van der Waals surface area contributed by atoms with Crippen LogP contribution in [0.2, 0.25) is 0 Å². The Kier molecular flexibility index (Phi) is 7.05. The van der Waals surface area contributed by atoms with Gasteiger partial charge in [0.15, 0.2) is 0 Å². The molecule has 0 radical (unpaired) electrons. The quantitative estimate of drug-likeness (QED) is 0.193. The summed E-state index contributed by atoms with van der Waals surface area (Å²) in [6.07, 6.45) is 0.646. The summed E-state index contributed by atoms with van der Waals surface area (Å²) in [5, 5.41) is 3.72. The van der Waals surface area contributed by atoms with Gasteiger partial charge in [-0.3, -0.25) is 4.74 Å². The Labute approximate surface area is 208 Å². The van der Waals surface area contributed by atoms with Gasteiger partial charge in [-0.2, -0.15) is 0 Å². The van der Waals surface area contributed by atoms with Crippen LogP contribution in [0.3, 0.4) is 0 Å². The maximum absolute atomic E-state index is 5.67. The number of rotatable bonds is 5. The van der Waals surface area contributed by atoms with Gasteiger partial charge in [0.25, 0.3) is 0 Å². The number of benzene rings is 5. The molecule has 5 rings (SSSR count). The van der Waals surface area contributed by atoms with Crippen LogP contribution in [0.5, 0.6) is 0 Å². The van der Waals surface area contributed by atoms with Crippen LogP contribution in [0.1, 0.15) is 11.1 Å². The van der Waals surface area contributed by atoms with Crippen LogP contribution in [-0.2, 0) is 6.42 Å². The molecule has 168 valence electrons. The normalized spacial score (nSPS) is 10.7. The minimum Gasteiger partial charge on any atom is -0.254 e. The van der Waals surface area contributed by atoms with Gasteiger partial charge in [0.1, 0.15) is 0 Å². The molecule has 0 saturated carbocycles. The number of hydrogen-bond donors (Lipinski definition) is 0. The minimum absolute atomic E-state index is 0.646. The summed E-state index contributed by atoms with van der Waals surface area (Å²) < 4.78 is 5.67. The average Bonchev–Trinajstić information content (AvgIpc) is 2.94. The molecule has 0 fully saturated rings. The second kappa shape index (κ2) is 10.9. The van der Waals surface area contributed by atoms with Crippen molar-refractivity contribution in [2.45, 2.75) is 6.42 Å². The predicted molar refractivity (Wildman–Crippen MR) is 151 cm³/mol. The van der Waals surface area contributed by atoms with Gasteiger partial charge in [-0.15, -0.1) is 0 Å². The lowest BCUT2D eigenvalue weighted by molar-refractivity contribution is 1.30. The second-order valence-corrected chi connectivity index (χ2v) is 11.2. The fraction of sp³-hybridized carbons (Fsp3) is 0.0303. The van der Waals surface area contributed by atoms with E-state index in [1.54, 1.807) is 0 Å². The lowest BCUT2D eigenvalue weighted by atomic mass is 10.1. The van der Waals surface area contributed by atoms with Gasteiger partial charge in [-0.25, -0.2) is 0 Å². The Morgan fingerprint density at radius 2 is 0.914 bits per heavy atom. The van der Waals surface area contributed by atoms with E-state index in [0.29, 0.717) is 6.42 Å². The maximum Gasteiger partial charge on any atom is 0.0666 e. The standard InChI is InChI=1S/C33H26NP/c1-5-16-28(17-6-1)18-15-20-29-19-13-14-27-33(29)34-35(30-21-7-2-8-22-30,31-23-9-3-10-24-31)32-25-11-4-12-26-32/h1-14,16-17,19,21-27H,20H2. The lowest BCUT2D eigenvalue weighted by Crippen LogP contribution is -2.25. The average molecular weight is 468 g/mol. The van der Waals surface area contributed by atoms with E-state index in [2.05, 4.69) is 127 Å². The zero-order chi connectivity index (χ0) is 23.8. The first-order valence-electron chi connectivity index (χ1n) is 11.8. The summed E-state index contributed by atoms with van der Waals surface area (Å²) in [6.45, 7) is 0. The molecule has 0 heterocycles. The fourth-order valence-corrected chi connectivity index (χ4v) is 7.80. The van der Waals surface area contributed by atoms with Crippen LogP contribution < -0.4 is 15.9 Å². The first-order valence-corrected chi connectivity index (χ1v) is 13.5. The molecule has 5 aromatic rings. The third-order valence-electron chi connectivity index (χ3n) is 5.92. The summed E-state index contributed by atoms with van der Waals surface area (Å²) in [5.41, 5.74) is 3.17. The smallest absolute Gasteiger partial charge is 0.0666 e. The van der Waals surface area contributed by atoms with Crippen molar-refractivity contribution in [3.63, 3.8) is 0 Å². The second-order valence-electron chi connectivity index (χ2n) is 8.22. The first kappa shape index (κ1) is 22.7. The SMILES string of the molecule is C(#Cc1ccccc1)Cc1ccccc1N=P(c1ccccc1)(c1ccccc1)c1ccccc1. The molecule has 0 saturated heterocycles. The Bertz CT molecular complexity index is 1390. The molecule has 0 aliphatic heterocycles. The highest BCUT2D eigenvalue weighted by Gasteiger charge is 2.27. The lowest BCUT2D eigenvalue weighted by Gasteiger charge is -2.27. The maximum atomic E-state index is 5.67. The molecule has 35 heavy (non-hydrogen) atoms. The third-order valence-corrected chi connectivity index (χ3v) is 9.58. The molecule has 1 nitrogen and oxygen atoms in total. The zero-order valence-electron chi connectivity index (χ0n) is 19.5. The summed E-state index contributed by atoms with van der Waals surface area (Å²) in [7, 11) is -2.32. The van der Waals surface area contributed by atoms with Crippen molar-refractivity contribution in [2.24, 2.45) is 4.74 Å². The van der Waals surface area contributed by atoms with Crippen LogP contribution in [0.15, 0.2) is 150 Å². The van der Waals surface area contributed by atoms with Gasteiger partial charge < -0.3 is 0 Å². The number of nitrogens with zero attached hydrogens (tertiary/aromatic N) is 1. The molecule has 0 aliphatic rings. The van der Waals surface area contributed by atoms with Crippen molar-refractivity contribution in [3.05, 3.63) is 157 Å². The molecule has 0 bridgehead atoms. The Morgan fingerprint density at radius 3 is 1.43 bits per heavy atom. The van der Waals surface area contributed by atoms with E-state index in [9.17, 15) is 0 Å². The van der Waals surface area contributed by atoms with Crippen molar-refractivity contribution in [3.8, 4) is 11.8 Å². The molecule has 0 atom stereocenters. The molecule has 0 spiro atoms. The first-order chi connectivity index (χ1) is 17.4. The molecule has 5 aromatic carbocycles. The topological polar surface area (TPSA) is 12.4 Å². The minimum atomic E-state index is -2.32. The van der Waals surface area contributed by atoms with E-state index in [-0.39, 0.29) is 0 Å². The summed E-state index contributed by atoms with van der Waals surface area (Å²) >= 11 is 0. The molecule has 2 heteroatoms. The molecule has 0 unspecified atom stereocenters. The van der Waals surface area contributed by atoms with Gasteiger partial charge in [0, 0.05) is 27.9 Å². The highest BCUT2D eigenvalue weighted by molar-refractivity contribution is 7.87. The highest BCUT2D eigenvalue weighted by atomic mass is 31.2. The van der Waals surface area contributed by atoms with Gasteiger partial charge in [0.2, 0.25) is 0 Å². The van der Waals surface area contributed by atoms with Crippen molar-refractivity contribution < 1.29 is 0 Å². The van der Waals surface area contributed by atoms with Crippen LogP contribution in [0.4, 0.5) is 5.69 Å². The molecular weight excluding hydrogens is 441 g/mol. The summed E-state index contributed by atoms with van der Waals surface area (Å²) in [5.74, 6) is 6.66. The van der Waals surface area contributed by atoms with Gasteiger partial charge >= 0.3 is 0 Å². The van der Waals surface area contributed by atoms with Crippen LogP contribution in [0, 0.1) is 11.8 Å². The monoisotopic (exact) mass is 467 g/mol. The van der Waals surface area contributed by atoms with E-state index in [1.807, 2.05) is 30.3 Å². The Balaban J connectivity index is 1.73. The van der Waals surface area contributed by atoms with Gasteiger partial charge in [0.05, 0.1) is 12.7 Å². The van der Waals surface area contributed by atoms with Gasteiger partial charge in [-0.1, -0.05) is 139 Å². The molecular formula is C33H26NP. The van der Waals surface area contributed by atoms with E-state index >= 15 is 0 Å². The molecule has 0 aromatic heterocycles. The van der Waals surface area contributed by atoms with Crippen molar-refractivity contribution in [1.82, 2.24) is 0 Å². The largest absolute Gasteiger partial charge is 0.254 e. The van der Waals surface area contributed by atoms with Crippen LogP contribution >= 0.6 is 7.05 Å². The van der Waals surface area contributed by atoms with Gasteiger partial charge in [-0.05, 0) is 23.8 Å². The summed E-state index contributed by atoms with van der Waals surface area (Å²) in [4.78, 5) is 0. The highest BCUT2D eigenvalue weighted by Crippen LogP contribution is 2.49. The van der Waals surface area contributed by atoms with Crippen molar-refractivity contribution in [1.29, 1.82) is 0 Å². The fourth-order valence-electron chi connectivity index (χ4n) is 4.23. The van der Waals surface area contributed by atoms with E-state index in [0.717, 1.165) is 16.8 Å². The zero-order valence-corrected chi connectivity index (χ0v) is 20.4. The molecule has 0 amide bonds. The third kappa shape index (κ3) is 5.04. The Morgan fingerprint density at radius 1 is 0.486 bits per heavy atom. The van der Waals surface area contributed by atoms with E-state index in [1.165, 1.54) is 15.9 Å². The van der Waals surface area contributed by atoms with Crippen molar-refractivity contribution >= 4 is 28.7 Å². The van der Waals surface area contributed by atoms with E-state index in [4.69, 9.17) is 4.74 Å². The van der Waals surface area contributed by atoms with Crippen LogP contribution in [0.25, 0.3) is 0 Å². The van der Waals surface area contributed by atoms with Crippen LogP contribution in [-0.4, -0.2) is 0 Å². The van der Waals surface area contributed by atoms with Crippen molar-refractivity contribution in [2.75, 3.05) is 0 Å². The molecule has 0 N–H and O–H groups in total. The summed E-state index contributed by atoms with van der Waals surface area (Å²) in [6, 6.07) is 50.8. The number of hydrogen-bond acceptors (Lipinski definition) is 1. The Hall–Kier alpha value is -4.11. The predicted octanol–water partition coefficient (Wildman–Crippen LogP) is 7.09.